The molecule has 0 aromatic carbocycles. The van der Waals surface area contributed by atoms with Crippen LogP contribution in [0.3, 0.4) is 0 Å². The maximum Gasteiger partial charge on any atom is 0.303 e. The molecule has 0 radical (unpaired) electrons. The summed E-state index contributed by atoms with van der Waals surface area (Å²) in [7, 11) is 0. The van der Waals surface area contributed by atoms with Gasteiger partial charge >= 0.3 is 5.97 Å². The van der Waals surface area contributed by atoms with Crippen molar-refractivity contribution in [1.82, 2.24) is 4.90 Å². The minimum atomic E-state index is -0.682. The molecule has 2 atom stereocenters. The van der Waals surface area contributed by atoms with Gasteiger partial charge in [0.05, 0.1) is 0 Å². The van der Waals surface area contributed by atoms with Crippen molar-refractivity contribution in [3.8, 4) is 0 Å². The number of carbonyl (C=O) groups is 1. The molecule has 1 rings (SSSR count). The number of hydrogen-bond donors (Lipinski definition) is 2. The lowest BCUT2D eigenvalue weighted by atomic mass is 9.85. The molecule has 0 bridgehead atoms. The smallest absolute Gasteiger partial charge is 0.303 e. The predicted molar refractivity (Wildman–Crippen MR) is 59.6 cm³/mol. The van der Waals surface area contributed by atoms with Crippen LogP contribution in [0.2, 0.25) is 0 Å². The molecular weight excluding hydrogens is 192 g/mol. The molecule has 0 amide bonds. The Morgan fingerprint density at radius 1 is 1.67 bits per heavy atom. The zero-order valence-electron chi connectivity index (χ0n) is 9.48. The fraction of sp³-hybridized carbons (Fsp3) is 0.909. The number of nitrogens with two attached hydrogens (primary N) is 1. The number of aliphatic carboxylic acids is 1. The lowest BCUT2D eigenvalue weighted by molar-refractivity contribution is -0.138. The van der Waals surface area contributed by atoms with E-state index in [0.717, 1.165) is 26.1 Å². The van der Waals surface area contributed by atoms with Crippen LogP contribution in [0.1, 0.15) is 26.2 Å². The van der Waals surface area contributed by atoms with Gasteiger partial charge in [0.1, 0.15) is 0 Å². The fourth-order valence-electron chi connectivity index (χ4n) is 2.38. The van der Waals surface area contributed by atoms with Gasteiger partial charge in [-0.2, -0.15) is 0 Å². The van der Waals surface area contributed by atoms with E-state index in [2.05, 4.69) is 4.90 Å². The largest absolute Gasteiger partial charge is 0.481 e. The van der Waals surface area contributed by atoms with Crippen molar-refractivity contribution in [2.75, 3.05) is 26.2 Å². The molecule has 1 fully saturated rings. The van der Waals surface area contributed by atoms with Crippen molar-refractivity contribution in [1.29, 1.82) is 0 Å². The number of carboxylic acids is 1. The number of likely N-dealkylation sites (tertiary alicyclic amines) is 1. The summed E-state index contributed by atoms with van der Waals surface area (Å²) in [5.41, 5.74) is 5.53. The minimum Gasteiger partial charge on any atom is -0.481 e. The molecule has 1 saturated heterocycles. The third-order valence-electron chi connectivity index (χ3n) is 3.29. The summed E-state index contributed by atoms with van der Waals surface area (Å²) in [4.78, 5) is 13.0. The van der Waals surface area contributed by atoms with E-state index in [9.17, 15) is 4.79 Å². The van der Waals surface area contributed by atoms with Crippen LogP contribution in [-0.2, 0) is 4.79 Å². The van der Waals surface area contributed by atoms with Crippen LogP contribution in [0.5, 0.6) is 0 Å². The molecule has 0 aromatic heterocycles. The molecule has 1 aliphatic heterocycles. The summed E-state index contributed by atoms with van der Waals surface area (Å²) in [6.07, 6.45) is 2.63. The first-order valence-corrected chi connectivity index (χ1v) is 5.77. The number of nitrogens with zero attached hydrogens (tertiary/aromatic N) is 1. The average Bonchev–Trinajstić information content (AvgIpc) is 2.17. The Labute approximate surface area is 91.4 Å². The molecule has 0 saturated carbocycles. The van der Waals surface area contributed by atoms with Crippen molar-refractivity contribution >= 4 is 5.97 Å². The van der Waals surface area contributed by atoms with E-state index in [0.29, 0.717) is 18.9 Å². The summed E-state index contributed by atoms with van der Waals surface area (Å²) in [6.45, 7) is 5.82. The van der Waals surface area contributed by atoms with Crippen LogP contribution >= 0.6 is 0 Å². The third kappa shape index (κ3) is 4.18. The van der Waals surface area contributed by atoms with Gasteiger partial charge in [0.15, 0.2) is 0 Å². The van der Waals surface area contributed by atoms with E-state index < -0.39 is 5.97 Å². The van der Waals surface area contributed by atoms with Gasteiger partial charge in [-0.3, -0.25) is 4.79 Å². The van der Waals surface area contributed by atoms with Crippen LogP contribution in [0.4, 0.5) is 0 Å². The highest BCUT2D eigenvalue weighted by Gasteiger charge is 2.25. The second-order valence-electron chi connectivity index (χ2n) is 4.57. The molecule has 2 unspecified atom stereocenters. The monoisotopic (exact) mass is 214 g/mol. The van der Waals surface area contributed by atoms with E-state index in [1.54, 1.807) is 0 Å². The number of piperidine rings is 1. The minimum absolute atomic E-state index is 0.281. The molecule has 0 aliphatic carbocycles. The van der Waals surface area contributed by atoms with E-state index in [1.807, 2.05) is 6.92 Å². The van der Waals surface area contributed by atoms with Gasteiger partial charge in [0.2, 0.25) is 0 Å². The maximum absolute atomic E-state index is 10.6. The Morgan fingerprint density at radius 2 is 2.40 bits per heavy atom. The van der Waals surface area contributed by atoms with Gasteiger partial charge in [0.25, 0.3) is 0 Å². The number of carboxylic acid groups (broad SMARTS) is 1. The normalized spacial score (nSPS) is 25.1. The SMILES string of the molecule is CC(CC(=O)O)C1CCCN(CCN)C1. The maximum atomic E-state index is 10.6. The first kappa shape index (κ1) is 12.5. The van der Waals surface area contributed by atoms with Crippen molar-refractivity contribution < 1.29 is 9.90 Å². The van der Waals surface area contributed by atoms with E-state index >= 15 is 0 Å². The van der Waals surface area contributed by atoms with E-state index in [-0.39, 0.29) is 5.92 Å². The second-order valence-corrected chi connectivity index (χ2v) is 4.57. The number of hydrogen-bond acceptors (Lipinski definition) is 3. The Hall–Kier alpha value is -0.610. The average molecular weight is 214 g/mol. The van der Waals surface area contributed by atoms with Gasteiger partial charge in [0, 0.05) is 26.1 Å². The Kier molecular flexibility index (Phi) is 5.05. The summed E-state index contributed by atoms with van der Waals surface area (Å²) in [5, 5.41) is 8.75. The molecule has 0 spiro atoms. The van der Waals surface area contributed by atoms with Crippen LogP contribution < -0.4 is 5.73 Å². The lowest BCUT2D eigenvalue weighted by Gasteiger charge is -2.35. The van der Waals surface area contributed by atoms with Crippen molar-refractivity contribution in [3.05, 3.63) is 0 Å². The van der Waals surface area contributed by atoms with Crippen LogP contribution in [0, 0.1) is 11.8 Å². The molecule has 88 valence electrons. The third-order valence-corrected chi connectivity index (χ3v) is 3.29. The standard InChI is InChI=1S/C11H22N2O2/c1-9(7-11(14)15)10-3-2-5-13(8-10)6-4-12/h9-10H,2-8,12H2,1H3,(H,14,15). The Bertz CT molecular complexity index is 207. The summed E-state index contributed by atoms with van der Waals surface area (Å²) < 4.78 is 0. The zero-order chi connectivity index (χ0) is 11.3. The first-order chi connectivity index (χ1) is 7.13. The van der Waals surface area contributed by atoms with Crippen molar-refractivity contribution in [3.63, 3.8) is 0 Å². The fourth-order valence-corrected chi connectivity index (χ4v) is 2.38. The van der Waals surface area contributed by atoms with Gasteiger partial charge < -0.3 is 15.7 Å². The summed E-state index contributed by atoms with van der Waals surface area (Å²) in [5.74, 6) is 0.128. The molecule has 0 aromatic rings. The molecule has 3 N–H and O–H groups in total. The van der Waals surface area contributed by atoms with Crippen LogP contribution in [0.15, 0.2) is 0 Å². The molecule has 4 heteroatoms. The van der Waals surface area contributed by atoms with Crippen molar-refractivity contribution in [2.24, 2.45) is 17.6 Å². The quantitative estimate of drug-likeness (QED) is 0.709. The predicted octanol–water partition coefficient (Wildman–Crippen LogP) is 0.768. The first-order valence-electron chi connectivity index (χ1n) is 5.77. The van der Waals surface area contributed by atoms with Gasteiger partial charge in [-0.15, -0.1) is 0 Å². The highest BCUT2D eigenvalue weighted by Crippen LogP contribution is 2.25. The Balaban J connectivity index is 2.37. The van der Waals surface area contributed by atoms with Crippen LogP contribution in [-0.4, -0.2) is 42.2 Å². The lowest BCUT2D eigenvalue weighted by Crippen LogP contribution is -2.40. The molecular formula is C11H22N2O2. The highest BCUT2D eigenvalue weighted by atomic mass is 16.4. The van der Waals surface area contributed by atoms with E-state index in [1.165, 1.54) is 6.42 Å². The van der Waals surface area contributed by atoms with Crippen molar-refractivity contribution in [2.45, 2.75) is 26.2 Å². The summed E-state index contributed by atoms with van der Waals surface area (Å²) in [6, 6.07) is 0. The number of rotatable bonds is 5. The molecule has 4 nitrogen and oxygen atoms in total. The van der Waals surface area contributed by atoms with Gasteiger partial charge in [-0.25, -0.2) is 0 Å². The molecule has 1 heterocycles. The van der Waals surface area contributed by atoms with E-state index in [4.69, 9.17) is 10.8 Å². The van der Waals surface area contributed by atoms with Gasteiger partial charge in [-0.1, -0.05) is 6.92 Å². The highest BCUT2D eigenvalue weighted by molar-refractivity contribution is 5.66. The van der Waals surface area contributed by atoms with Crippen LogP contribution in [0.25, 0.3) is 0 Å². The zero-order valence-corrected chi connectivity index (χ0v) is 9.48. The Morgan fingerprint density at radius 3 is 3.00 bits per heavy atom. The summed E-state index contributed by atoms with van der Waals surface area (Å²) >= 11 is 0. The molecule has 1 aliphatic rings. The molecule has 15 heavy (non-hydrogen) atoms. The van der Waals surface area contributed by atoms with Gasteiger partial charge in [-0.05, 0) is 31.2 Å². The second kappa shape index (κ2) is 6.08. The topological polar surface area (TPSA) is 66.6 Å².